The van der Waals surface area contributed by atoms with Gasteiger partial charge in [0.25, 0.3) is 0 Å². The highest BCUT2D eigenvalue weighted by molar-refractivity contribution is 5.62. The van der Waals surface area contributed by atoms with Crippen molar-refractivity contribution < 1.29 is 83.9 Å². The van der Waals surface area contributed by atoms with E-state index in [0.29, 0.717) is 19.3 Å². The molecule has 0 aromatic heterocycles. The Morgan fingerprint density at radius 1 is 0.635 bits per heavy atom. The monoisotopic (exact) mass is 898 g/mol. The predicted octanol–water partition coefficient (Wildman–Crippen LogP) is 0.794. The highest BCUT2D eigenvalue weighted by Crippen LogP contribution is 2.76. The van der Waals surface area contributed by atoms with E-state index in [0.717, 1.165) is 44.1 Å². The molecule has 63 heavy (non-hydrogen) atoms. The molecule has 8 aliphatic rings. The van der Waals surface area contributed by atoms with Crippen molar-refractivity contribution in [1.82, 2.24) is 0 Å². The Hall–Kier alpha value is -1.23. The predicted molar refractivity (Wildman–Crippen MR) is 220 cm³/mol. The van der Waals surface area contributed by atoms with E-state index >= 15 is 0 Å². The van der Waals surface area contributed by atoms with Crippen molar-refractivity contribution in [1.29, 1.82) is 0 Å². The van der Waals surface area contributed by atoms with Crippen molar-refractivity contribution in [2.24, 2.45) is 45.3 Å². The minimum absolute atomic E-state index is 0.0544. The van der Waals surface area contributed by atoms with E-state index in [2.05, 4.69) is 27.7 Å². The lowest BCUT2D eigenvalue weighted by Gasteiger charge is -2.69. The summed E-state index contributed by atoms with van der Waals surface area (Å²) < 4.78 is 42.7. The normalized spacial score (nSPS) is 55.6. The first kappa shape index (κ1) is 48.2. The molecule has 24 unspecified atom stereocenters. The largest absolute Gasteiger partial charge is 0.388 e. The van der Waals surface area contributed by atoms with Crippen LogP contribution in [0.2, 0.25) is 0 Å². The number of aldehydes is 1. The van der Waals surface area contributed by atoms with Crippen molar-refractivity contribution in [2.75, 3.05) is 13.2 Å². The Morgan fingerprint density at radius 2 is 1.29 bits per heavy atom. The maximum atomic E-state index is 13.9. The van der Waals surface area contributed by atoms with Gasteiger partial charge < -0.3 is 83.9 Å². The molecule has 24 atom stereocenters. The van der Waals surface area contributed by atoms with Crippen molar-refractivity contribution >= 4 is 6.29 Å². The molecule has 0 aromatic rings. The molecule has 4 saturated heterocycles. The fraction of sp³-hybridized carbons (Fsp3) is 0.935. The van der Waals surface area contributed by atoms with Gasteiger partial charge in [0.05, 0.1) is 31.5 Å². The molecule has 0 amide bonds. The average molecular weight is 899 g/mol. The van der Waals surface area contributed by atoms with Crippen LogP contribution < -0.4 is 0 Å². The molecule has 360 valence electrons. The molecular weight excluding hydrogens is 824 g/mol. The second-order valence-electron chi connectivity index (χ2n) is 21.9. The summed E-state index contributed by atoms with van der Waals surface area (Å²) >= 11 is 0. The lowest BCUT2D eigenvalue weighted by molar-refractivity contribution is -0.383. The summed E-state index contributed by atoms with van der Waals surface area (Å²) in [5, 5.41) is 98.1. The summed E-state index contributed by atoms with van der Waals surface area (Å²) in [5.41, 5.74) is -2.02. The van der Waals surface area contributed by atoms with Crippen LogP contribution in [0, 0.1) is 45.3 Å². The van der Waals surface area contributed by atoms with Crippen molar-refractivity contribution in [2.45, 2.75) is 210 Å². The number of allylic oxidation sites excluding steroid dienone is 1. The lowest BCUT2D eigenvalue weighted by Crippen LogP contribution is -2.67. The number of aliphatic hydroxyl groups is 9. The third-order valence-electron chi connectivity index (χ3n) is 18.1. The molecule has 0 bridgehead atoms. The molecule has 4 saturated carbocycles. The molecule has 4 aliphatic carbocycles. The zero-order valence-corrected chi connectivity index (χ0v) is 37.8. The third kappa shape index (κ3) is 7.73. The molecule has 17 nitrogen and oxygen atoms in total. The minimum atomic E-state index is -1.73. The number of carbonyl (C=O) groups is 1. The van der Waals surface area contributed by atoms with Crippen molar-refractivity contribution in [3.63, 3.8) is 0 Å². The summed E-state index contributed by atoms with van der Waals surface area (Å²) in [6.07, 6.45) is -11.7. The molecule has 0 spiro atoms. The number of aliphatic hydroxyl groups excluding tert-OH is 8. The van der Waals surface area contributed by atoms with Gasteiger partial charge in [-0.3, -0.25) is 0 Å². The maximum absolute atomic E-state index is 13.9. The fourth-order valence-electron chi connectivity index (χ4n) is 14.5. The van der Waals surface area contributed by atoms with E-state index in [1.165, 1.54) is 13.2 Å². The molecule has 9 N–H and O–H groups in total. The standard InChI is InChI=1S/C46H74O17/c1-21(2)16-23-17-46(56,41(55)60-23)25-10-13-43(6)24(25)8-9-29-44(43,7)14-11-28-42(4,5)30(12-15-45(28,29)20-47)61-40-37(63-39-35(54)33(52)31(50)22(3)59-39)36(27(49)19-58-40)62-38-34(53)32(51)26(48)18-57-38/h16,20,22-41,48-56H,8-15,17-19H2,1-7H3. The van der Waals surface area contributed by atoms with Crippen LogP contribution in [0.25, 0.3) is 0 Å². The van der Waals surface area contributed by atoms with E-state index in [1.54, 1.807) is 0 Å². The third-order valence-corrected chi connectivity index (χ3v) is 18.1. The zero-order valence-electron chi connectivity index (χ0n) is 37.8. The Kier molecular flexibility index (Phi) is 13.3. The highest BCUT2D eigenvalue weighted by atomic mass is 16.8. The van der Waals surface area contributed by atoms with E-state index in [1.807, 2.05) is 19.9 Å². The van der Waals surface area contributed by atoms with Crippen LogP contribution >= 0.6 is 0 Å². The number of ether oxygens (including phenoxy) is 7. The van der Waals surface area contributed by atoms with E-state index in [-0.39, 0.29) is 53.8 Å². The number of rotatable bonds is 9. The summed E-state index contributed by atoms with van der Waals surface area (Å²) in [6.45, 7) is 13.7. The van der Waals surface area contributed by atoms with E-state index in [9.17, 15) is 50.8 Å². The SMILES string of the molecule is CC(C)=CC1CC(O)(C2CCC3(C)C2CCC2C4(C=O)CCC(OC5OCC(O)C(OC6OCC(O)C(O)C6O)C5OC5OC(C)C(O)C(O)C5O)C(C)(C)C4CCC23C)C(O)O1. The maximum Gasteiger partial charge on any atom is 0.187 e. The fourth-order valence-corrected chi connectivity index (χ4v) is 14.5. The van der Waals surface area contributed by atoms with Crippen LogP contribution in [-0.2, 0) is 38.0 Å². The van der Waals surface area contributed by atoms with Crippen LogP contribution in [-0.4, -0.2) is 169 Å². The summed E-state index contributed by atoms with van der Waals surface area (Å²) in [4.78, 5) is 13.9. The van der Waals surface area contributed by atoms with Gasteiger partial charge in [0, 0.05) is 11.8 Å². The van der Waals surface area contributed by atoms with Gasteiger partial charge in [0.15, 0.2) is 25.2 Å². The van der Waals surface area contributed by atoms with Gasteiger partial charge in [0.2, 0.25) is 0 Å². The van der Waals surface area contributed by atoms with Gasteiger partial charge >= 0.3 is 0 Å². The van der Waals surface area contributed by atoms with Gasteiger partial charge in [0.1, 0.15) is 66.8 Å². The van der Waals surface area contributed by atoms with Crippen LogP contribution in [0.4, 0.5) is 0 Å². The first-order chi connectivity index (χ1) is 29.5. The van der Waals surface area contributed by atoms with Gasteiger partial charge in [-0.2, -0.15) is 0 Å². The van der Waals surface area contributed by atoms with Crippen LogP contribution in [0.5, 0.6) is 0 Å². The van der Waals surface area contributed by atoms with Gasteiger partial charge in [-0.1, -0.05) is 39.3 Å². The Morgan fingerprint density at radius 3 is 1.98 bits per heavy atom. The summed E-state index contributed by atoms with van der Waals surface area (Å²) in [7, 11) is 0. The number of hydrogen-bond acceptors (Lipinski definition) is 17. The van der Waals surface area contributed by atoms with Gasteiger partial charge in [-0.15, -0.1) is 0 Å². The first-order valence-electron chi connectivity index (χ1n) is 23.3. The second-order valence-corrected chi connectivity index (χ2v) is 21.9. The molecule has 4 heterocycles. The zero-order chi connectivity index (χ0) is 45.8. The van der Waals surface area contributed by atoms with Gasteiger partial charge in [-0.05, 0) is 112 Å². The van der Waals surface area contributed by atoms with E-state index in [4.69, 9.17) is 33.2 Å². The van der Waals surface area contributed by atoms with E-state index < -0.39 is 109 Å². The van der Waals surface area contributed by atoms with Crippen LogP contribution in [0.1, 0.15) is 106 Å². The van der Waals surface area contributed by atoms with Crippen molar-refractivity contribution in [3.8, 4) is 0 Å². The van der Waals surface area contributed by atoms with Gasteiger partial charge in [-0.25, -0.2) is 0 Å². The topological polar surface area (TPSA) is 264 Å². The molecule has 8 fully saturated rings. The molecule has 4 aliphatic heterocycles. The Labute approximate surface area is 370 Å². The average Bonchev–Trinajstić information content (AvgIpc) is 3.73. The van der Waals surface area contributed by atoms with Crippen LogP contribution in [0.3, 0.4) is 0 Å². The summed E-state index contributed by atoms with van der Waals surface area (Å²) in [5.74, 6) is -0.0527. The molecule has 8 rings (SSSR count). The molecule has 0 aromatic carbocycles. The Bertz CT molecular complexity index is 1680. The number of hydrogen-bond donors (Lipinski definition) is 9. The quantitative estimate of drug-likeness (QED) is 0.0881. The molecule has 17 heteroatoms. The smallest absolute Gasteiger partial charge is 0.187 e. The molecular formula is C46H74O17. The van der Waals surface area contributed by atoms with Crippen molar-refractivity contribution in [3.05, 3.63) is 11.6 Å². The Balaban J connectivity index is 1.04. The summed E-state index contributed by atoms with van der Waals surface area (Å²) in [6, 6.07) is 0. The first-order valence-corrected chi connectivity index (χ1v) is 23.3. The number of fused-ring (bicyclic) bond motifs is 5. The lowest BCUT2D eigenvalue weighted by atomic mass is 9.35. The van der Waals surface area contributed by atoms with Crippen LogP contribution in [0.15, 0.2) is 11.6 Å². The molecule has 0 radical (unpaired) electrons. The number of carbonyl (C=O) groups excluding carboxylic acids is 1. The second kappa shape index (κ2) is 17.4. The minimum Gasteiger partial charge on any atom is -0.388 e. The highest BCUT2D eigenvalue weighted by Gasteiger charge is 2.72.